The van der Waals surface area contributed by atoms with E-state index in [4.69, 9.17) is 14.7 Å². The second kappa shape index (κ2) is 9.45. The molecule has 0 atom stereocenters. The first-order chi connectivity index (χ1) is 10.8. The summed E-state index contributed by atoms with van der Waals surface area (Å²) in [6.07, 6.45) is 5.99. The van der Waals surface area contributed by atoms with Crippen molar-refractivity contribution < 1.29 is 9.47 Å². The molecule has 1 aliphatic heterocycles. The Morgan fingerprint density at radius 1 is 1.09 bits per heavy atom. The monoisotopic (exact) mass is 302 g/mol. The molecular formula is C18H26N2O2. The standard InChI is InChI=1S/C18H26N2O2/c1-21-13-3-2-4-14-22-18-9-11-20(12-10-18)17-7-5-16(15-19)6-8-17/h5-8,18H,2-4,9-14H2,1H3. The van der Waals surface area contributed by atoms with E-state index >= 15 is 0 Å². The molecule has 0 aromatic heterocycles. The van der Waals surface area contributed by atoms with E-state index in [-0.39, 0.29) is 0 Å². The van der Waals surface area contributed by atoms with Crippen LogP contribution in [0.1, 0.15) is 37.7 Å². The van der Waals surface area contributed by atoms with Crippen LogP contribution in [-0.2, 0) is 9.47 Å². The summed E-state index contributed by atoms with van der Waals surface area (Å²) in [5, 5.41) is 8.84. The molecule has 1 heterocycles. The molecular weight excluding hydrogens is 276 g/mol. The van der Waals surface area contributed by atoms with Crippen molar-refractivity contribution >= 4 is 5.69 Å². The van der Waals surface area contributed by atoms with E-state index in [1.54, 1.807) is 7.11 Å². The number of ether oxygens (including phenoxy) is 2. The quantitative estimate of drug-likeness (QED) is 0.691. The Morgan fingerprint density at radius 3 is 2.41 bits per heavy atom. The number of unbranched alkanes of at least 4 members (excludes halogenated alkanes) is 2. The Labute approximate surface area is 133 Å². The topological polar surface area (TPSA) is 45.5 Å². The molecule has 2 rings (SSSR count). The Bertz CT molecular complexity index is 459. The number of benzene rings is 1. The molecule has 0 spiro atoms. The molecule has 0 N–H and O–H groups in total. The average Bonchev–Trinajstić information content (AvgIpc) is 2.59. The molecule has 0 amide bonds. The van der Waals surface area contributed by atoms with Gasteiger partial charge >= 0.3 is 0 Å². The summed E-state index contributed by atoms with van der Waals surface area (Å²) in [4.78, 5) is 2.37. The third kappa shape index (κ3) is 5.32. The Balaban J connectivity index is 1.64. The van der Waals surface area contributed by atoms with Gasteiger partial charge in [0.05, 0.1) is 17.7 Å². The van der Waals surface area contributed by atoms with Gasteiger partial charge in [-0.1, -0.05) is 0 Å². The van der Waals surface area contributed by atoms with Crippen LogP contribution in [0.25, 0.3) is 0 Å². The van der Waals surface area contributed by atoms with Gasteiger partial charge in [0.25, 0.3) is 0 Å². The summed E-state index contributed by atoms with van der Waals surface area (Å²) < 4.78 is 11.0. The van der Waals surface area contributed by atoms with Crippen molar-refractivity contribution in [2.24, 2.45) is 0 Å². The van der Waals surface area contributed by atoms with Gasteiger partial charge in [-0.3, -0.25) is 0 Å². The Kier molecular flexibility index (Phi) is 7.21. The van der Waals surface area contributed by atoms with Crippen molar-refractivity contribution in [3.05, 3.63) is 29.8 Å². The van der Waals surface area contributed by atoms with E-state index in [0.29, 0.717) is 6.10 Å². The first-order valence-corrected chi connectivity index (χ1v) is 8.19. The first kappa shape index (κ1) is 16.8. The number of hydrogen-bond donors (Lipinski definition) is 0. The second-order valence-corrected chi connectivity index (χ2v) is 5.77. The van der Waals surface area contributed by atoms with Crippen LogP contribution in [0.15, 0.2) is 24.3 Å². The van der Waals surface area contributed by atoms with E-state index in [1.807, 2.05) is 24.3 Å². The molecule has 4 nitrogen and oxygen atoms in total. The SMILES string of the molecule is COCCCCCOC1CCN(c2ccc(C#N)cc2)CC1. The Morgan fingerprint density at radius 2 is 1.77 bits per heavy atom. The van der Waals surface area contributed by atoms with Gasteiger partial charge in [0.2, 0.25) is 0 Å². The van der Waals surface area contributed by atoms with E-state index in [9.17, 15) is 0 Å². The van der Waals surface area contributed by atoms with Gasteiger partial charge in [-0.05, 0) is 56.4 Å². The highest BCUT2D eigenvalue weighted by atomic mass is 16.5. The van der Waals surface area contributed by atoms with E-state index in [0.717, 1.165) is 57.6 Å². The molecule has 0 saturated carbocycles. The summed E-state index contributed by atoms with van der Waals surface area (Å²) in [6.45, 7) is 3.77. The number of nitrogens with zero attached hydrogens (tertiary/aromatic N) is 2. The van der Waals surface area contributed by atoms with Crippen LogP contribution in [0.4, 0.5) is 5.69 Å². The summed E-state index contributed by atoms with van der Waals surface area (Å²) in [6, 6.07) is 10.0. The summed E-state index contributed by atoms with van der Waals surface area (Å²) in [7, 11) is 1.75. The van der Waals surface area contributed by atoms with Gasteiger partial charge in [-0.2, -0.15) is 5.26 Å². The highest BCUT2D eigenvalue weighted by Gasteiger charge is 2.19. The van der Waals surface area contributed by atoms with Crippen molar-refractivity contribution in [2.45, 2.75) is 38.2 Å². The fourth-order valence-corrected chi connectivity index (χ4v) is 2.80. The smallest absolute Gasteiger partial charge is 0.0991 e. The molecule has 1 fully saturated rings. The highest BCUT2D eigenvalue weighted by molar-refractivity contribution is 5.49. The lowest BCUT2D eigenvalue weighted by Crippen LogP contribution is -2.37. The van der Waals surface area contributed by atoms with E-state index in [1.165, 1.54) is 12.1 Å². The molecule has 0 unspecified atom stereocenters. The second-order valence-electron chi connectivity index (χ2n) is 5.77. The molecule has 1 saturated heterocycles. The molecule has 120 valence electrons. The van der Waals surface area contributed by atoms with Crippen molar-refractivity contribution in [2.75, 3.05) is 38.3 Å². The predicted octanol–water partition coefficient (Wildman–Crippen LogP) is 3.36. The third-order valence-corrected chi connectivity index (χ3v) is 4.15. The number of hydrogen-bond acceptors (Lipinski definition) is 4. The zero-order valence-corrected chi connectivity index (χ0v) is 13.5. The minimum absolute atomic E-state index is 0.400. The molecule has 22 heavy (non-hydrogen) atoms. The molecule has 4 heteroatoms. The normalized spacial score (nSPS) is 15.7. The van der Waals surface area contributed by atoms with Crippen LogP contribution in [0.3, 0.4) is 0 Å². The zero-order chi connectivity index (χ0) is 15.6. The van der Waals surface area contributed by atoms with Crippen LogP contribution in [0, 0.1) is 11.3 Å². The molecule has 1 aromatic rings. The van der Waals surface area contributed by atoms with Crippen LogP contribution < -0.4 is 4.90 Å². The fraction of sp³-hybridized carbons (Fsp3) is 0.611. The average molecular weight is 302 g/mol. The molecule has 0 aliphatic carbocycles. The van der Waals surface area contributed by atoms with Gasteiger partial charge in [-0.15, -0.1) is 0 Å². The third-order valence-electron chi connectivity index (χ3n) is 4.15. The van der Waals surface area contributed by atoms with Gasteiger partial charge in [0, 0.05) is 39.1 Å². The zero-order valence-electron chi connectivity index (χ0n) is 13.5. The van der Waals surface area contributed by atoms with Gasteiger partial charge in [0.1, 0.15) is 0 Å². The molecule has 0 bridgehead atoms. The highest BCUT2D eigenvalue weighted by Crippen LogP contribution is 2.22. The number of rotatable bonds is 8. The van der Waals surface area contributed by atoms with Crippen LogP contribution >= 0.6 is 0 Å². The van der Waals surface area contributed by atoms with Crippen molar-refractivity contribution in [3.63, 3.8) is 0 Å². The lowest BCUT2D eigenvalue weighted by atomic mass is 10.1. The van der Waals surface area contributed by atoms with Crippen LogP contribution in [-0.4, -0.2) is 39.5 Å². The predicted molar refractivity (Wildman–Crippen MR) is 88.1 cm³/mol. The lowest BCUT2D eigenvalue weighted by Gasteiger charge is -2.33. The number of piperidine rings is 1. The van der Waals surface area contributed by atoms with E-state index in [2.05, 4.69) is 11.0 Å². The van der Waals surface area contributed by atoms with Crippen molar-refractivity contribution in [1.29, 1.82) is 5.26 Å². The number of methoxy groups -OCH3 is 1. The van der Waals surface area contributed by atoms with Gasteiger partial charge < -0.3 is 14.4 Å². The minimum Gasteiger partial charge on any atom is -0.385 e. The van der Waals surface area contributed by atoms with Crippen molar-refractivity contribution in [3.8, 4) is 6.07 Å². The maximum Gasteiger partial charge on any atom is 0.0991 e. The van der Waals surface area contributed by atoms with Crippen LogP contribution in [0.5, 0.6) is 0 Å². The number of nitriles is 1. The molecule has 1 aromatic carbocycles. The summed E-state index contributed by atoms with van der Waals surface area (Å²) in [5.74, 6) is 0. The molecule has 1 aliphatic rings. The summed E-state index contributed by atoms with van der Waals surface area (Å²) >= 11 is 0. The Hall–Kier alpha value is -1.57. The largest absolute Gasteiger partial charge is 0.385 e. The number of anilines is 1. The lowest BCUT2D eigenvalue weighted by molar-refractivity contribution is 0.0341. The van der Waals surface area contributed by atoms with Gasteiger partial charge in [0.15, 0.2) is 0 Å². The fourth-order valence-electron chi connectivity index (χ4n) is 2.80. The first-order valence-electron chi connectivity index (χ1n) is 8.19. The molecule has 0 radical (unpaired) electrons. The summed E-state index contributed by atoms with van der Waals surface area (Å²) in [5.41, 5.74) is 1.92. The van der Waals surface area contributed by atoms with Gasteiger partial charge in [-0.25, -0.2) is 0 Å². The minimum atomic E-state index is 0.400. The van der Waals surface area contributed by atoms with Crippen LogP contribution in [0.2, 0.25) is 0 Å². The maximum atomic E-state index is 8.84. The van der Waals surface area contributed by atoms with E-state index < -0.39 is 0 Å². The maximum absolute atomic E-state index is 8.84. The van der Waals surface area contributed by atoms with Crippen molar-refractivity contribution in [1.82, 2.24) is 0 Å².